The molecule has 0 amide bonds. The number of nitrogen functional groups attached to an aromatic ring is 1. The molecule has 0 aliphatic carbocycles. The Kier molecular flexibility index (Phi) is 4.27. The Morgan fingerprint density at radius 3 is 2.76 bits per heavy atom. The van der Waals surface area contributed by atoms with Crippen molar-refractivity contribution in [2.75, 3.05) is 22.8 Å². The molecule has 0 unspecified atom stereocenters. The fourth-order valence-electron chi connectivity index (χ4n) is 1.02. The van der Waals surface area contributed by atoms with Crippen LogP contribution in [0.25, 0.3) is 0 Å². The third-order valence-electron chi connectivity index (χ3n) is 1.66. The monoisotopic (exact) mass is 259 g/mol. The number of hydrogen-bond acceptors (Lipinski definition) is 6. The number of nitrogens with two attached hydrogens (primary N) is 1. The molecule has 0 spiro atoms. The zero-order valence-electron chi connectivity index (χ0n) is 9.21. The van der Waals surface area contributed by atoms with Crippen LogP contribution >= 0.6 is 0 Å². The Balaban J connectivity index is 2.66. The van der Waals surface area contributed by atoms with E-state index in [2.05, 4.69) is 14.4 Å². The number of rotatable bonds is 5. The van der Waals surface area contributed by atoms with E-state index in [1.54, 1.807) is 6.92 Å². The zero-order chi connectivity index (χ0) is 12.9. The minimum Gasteiger partial charge on any atom is -0.465 e. The van der Waals surface area contributed by atoms with E-state index in [0.29, 0.717) is 5.69 Å². The molecule has 0 aromatic carbocycles. The molecule has 7 nitrogen and oxygen atoms in total. The average molecular weight is 259 g/mol. The highest BCUT2D eigenvalue weighted by molar-refractivity contribution is 7.93. The molecule has 0 radical (unpaired) electrons. The van der Waals surface area contributed by atoms with Crippen LogP contribution in [-0.4, -0.2) is 31.7 Å². The standard InChI is InChI=1S/C9H13N3O4S/c1-2-16-9(13)6-17(14,15)12-8-4-3-7(10)5-11-8/h3-5H,2,6,10H2,1H3,(H,11,12). The van der Waals surface area contributed by atoms with Gasteiger partial charge in [0.15, 0.2) is 5.75 Å². The van der Waals surface area contributed by atoms with Gasteiger partial charge in [0, 0.05) is 0 Å². The Hall–Kier alpha value is -1.83. The van der Waals surface area contributed by atoms with Gasteiger partial charge in [0.05, 0.1) is 18.5 Å². The van der Waals surface area contributed by atoms with Crippen molar-refractivity contribution in [2.24, 2.45) is 0 Å². The fourth-order valence-corrected chi connectivity index (χ4v) is 1.92. The van der Waals surface area contributed by atoms with Crippen LogP contribution in [0.3, 0.4) is 0 Å². The summed E-state index contributed by atoms with van der Waals surface area (Å²) in [6, 6.07) is 2.90. The van der Waals surface area contributed by atoms with Crippen LogP contribution in [0.1, 0.15) is 6.92 Å². The highest BCUT2D eigenvalue weighted by Crippen LogP contribution is 2.08. The van der Waals surface area contributed by atoms with Gasteiger partial charge in [0.1, 0.15) is 5.82 Å². The predicted octanol–water partition coefficient (Wildman–Crippen LogP) is -0.0314. The van der Waals surface area contributed by atoms with E-state index in [4.69, 9.17) is 5.73 Å². The number of carbonyl (C=O) groups excluding carboxylic acids is 1. The van der Waals surface area contributed by atoms with Crippen molar-refractivity contribution < 1.29 is 17.9 Å². The third kappa shape index (κ3) is 4.68. The van der Waals surface area contributed by atoms with Gasteiger partial charge in [-0.25, -0.2) is 13.4 Å². The number of ether oxygens (including phenoxy) is 1. The molecule has 0 aliphatic heterocycles. The third-order valence-corrected chi connectivity index (χ3v) is 2.80. The van der Waals surface area contributed by atoms with E-state index >= 15 is 0 Å². The van der Waals surface area contributed by atoms with Crippen molar-refractivity contribution >= 4 is 27.5 Å². The van der Waals surface area contributed by atoms with E-state index in [0.717, 1.165) is 0 Å². The highest BCUT2D eigenvalue weighted by Gasteiger charge is 2.17. The minimum atomic E-state index is -3.80. The summed E-state index contributed by atoms with van der Waals surface area (Å²) in [6.45, 7) is 1.73. The molecule has 0 fully saturated rings. The smallest absolute Gasteiger partial charge is 0.323 e. The Morgan fingerprint density at radius 2 is 2.24 bits per heavy atom. The molecular formula is C9H13N3O4S. The summed E-state index contributed by atoms with van der Waals surface area (Å²) in [5.74, 6) is -1.45. The van der Waals surface area contributed by atoms with Crippen LogP contribution in [-0.2, 0) is 19.6 Å². The van der Waals surface area contributed by atoms with Gasteiger partial charge < -0.3 is 10.5 Å². The number of nitrogens with zero attached hydrogens (tertiary/aromatic N) is 1. The molecular weight excluding hydrogens is 246 g/mol. The van der Waals surface area contributed by atoms with Crippen LogP contribution < -0.4 is 10.5 Å². The van der Waals surface area contributed by atoms with Gasteiger partial charge in [-0.2, -0.15) is 0 Å². The molecule has 0 atom stereocenters. The zero-order valence-corrected chi connectivity index (χ0v) is 10.0. The summed E-state index contributed by atoms with van der Waals surface area (Å²) in [5, 5.41) is 0. The van der Waals surface area contributed by atoms with Crippen LogP contribution in [0.5, 0.6) is 0 Å². The number of nitrogens with one attached hydrogen (secondary N) is 1. The molecule has 1 rings (SSSR count). The first-order chi connectivity index (χ1) is 7.93. The quantitative estimate of drug-likeness (QED) is 0.718. The predicted molar refractivity (Wildman–Crippen MR) is 62.7 cm³/mol. The number of aromatic nitrogens is 1. The number of sulfonamides is 1. The summed E-state index contributed by atoms with van der Waals surface area (Å²) in [5.41, 5.74) is 5.81. The summed E-state index contributed by atoms with van der Waals surface area (Å²) in [7, 11) is -3.80. The first kappa shape index (κ1) is 13.2. The Morgan fingerprint density at radius 1 is 1.53 bits per heavy atom. The largest absolute Gasteiger partial charge is 0.465 e. The maximum absolute atomic E-state index is 11.5. The Bertz CT molecular complexity index is 483. The second kappa shape index (κ2) is 5.48. The first-order valence-electron chi connectivity index (χ1n) is 4.80. The number of pyridine rings is 1. The van der Waals surface area contributed by atoms with Gasteiger partial charge >= 0.3 is 5.97 Å². The molecule has 94 valence electrons. The van der Waals surface area contributed by atoms with Crippen molar-refractivity contribution in [3.05, 3.63) is 18.3 Å². The lowest BCUT2D eigenvalue weighted by Gasteiger charge is -2.06. The van der Waals surface area contributed by atoms with E-state index < -0.39 is 21.7 Å². The van der Waals surface area contributed by atoms with E-state index in [-0.39, 0.29) is 12.4 Å². The average Bonchev–Trinajstić information content (AvgIpc) is 2.20. The van der Waals surface area contributed by atoms with Gasteiger partial charge in [-0.15, -0.1) is 0 Å². The SMILES string of the molecule is CCOC(=O)CS(=O)(=O)Nc1ccc(N)cn1. The number of carbonyl (C=O) groups is 1. The van der Waals surface area contributed by atoms with Crippen molar-refractivity contribution in [1.82, 2.24) is 4.98 Å². The maximum Gasteiger partial charge on any atom is 0.323 e. The lowest BCUT2D eigenvalue weighted by Crippen LogP contribution is -2.24. The summed E-state index contributed by atoms with van der Waals surface area (Å²) < 4.78 is 29.6. The molecule has 17 heavy (non-hydrogen) atoms. The lowest BCUT2D eigenvalue weighted by molar-refractivity contribution is -0.139. The van der Waals surface area contributed by atoms with Gasteiger partial charge in [-0.1, -0.05) is 0 Å². The summed E-state index contributed by atoms with van der Waals surface area (Å²) >= 11 is 0. The molecule has 0 aliphatic rings. The number of hydrogen-bond donors (Lipinski definition) is 2. The molecule has 8 heteroatoms. The lowest BCUT2D eigenvalue weighted by atomic mass is 10.4. The molecule has 0 bridgehead atoms. The molecule has 3 N–H and O–H groups in total. The van der Waals surface area contributed by atoms with E-state index in [9.17, 15) is 13.2 Å². The van der Waals surface area contributed by atoms with Crippen LogP contribution in [0.15, 0.2) is 18.3 Å². The minimum absolute atomic E-state index is 0.100. The van der Waals surface area contributed by atoms with Gasteiger partial charge in [-0.05, 0) is 19.1 Å². The van der Waals surface area contributed by atoms with E-state index in [1.165, 1.54) is 18.3 Å². The van der Waals surface area contributed by atoms with Crippen molar-refractivity contribution in [3.8, 4) is 0 Å². The van der Waals surface area contributed by atoms with Crippen molar-refractivity contribution in [2.45, 2.75) is 6.92 Å². The van der Waals surface area contributed by atoms with Crippen LogP contribution in [0, 0.1) is 0 Å². The summed E-state index contributed by atoms with van der Waals surface area (Å²) in [4.78, 5) is 14.8. The number of anilines is 2. The highest BCUT2D eigenvalue weighted by atomic mass is 32.2. The molecule has 1 heterocycles. The molecule has 0 saturated heterocycles. The van der Waals surface area contributed by atoms with Crippen molar-refractivity contribution in [3.63, 3.8) is 0 Å². The maximum atomic E-state index is 11.5. The first-order valence-corrected chi connectivity index (χ1v) is 6.46. The number of esters is 1. The topological polar surface area (TPSA) is 111 Å². The van der Waals surface area contributed by atoms with Gasteiger partial charge in [-0.3, -0.25) is 9.52 Å². The second-order valence-corrected chi connectivity index (χ2v) is 4.87. The van der Waals surface area contributed by atoms with Crippen LogP contribution in [0.4, 0.5) is 11.5 Å². The van der Waals surface area contributed by atoms with Crippen LogP contribution in [0.2, 0.25) is 0 Å². The van der Waals surface area contributed by atoms with Gasteiger partial charge in [0.2, 0.25) is 10.0 Å². The summed E-state index contributed by atoms with van der Waals surface area (Å²) in [6.07, 6.45) is 1.31. The normalized spacial score (nSPS) is 10.9. The molecule has 1 aromatic rings. The van der Waals surface area contributed by atoms with E-state index in [1.807, 2.05) is 0 Å². The second-order valence-electron chi connectivity index (χ2n) is 3.14. The van der Waals surface area contributed by atoms with Crippen molar-refractivity contribution in [1.29, 1.82) is 0 Å². The molecule has 1 aromatic heterocycles. The fraction of sp³-hybridized carbons (Fsp3) is 0.333. The molecule has 0 saturated carbocycles. The van der Waals surface area contributed by atoms with Gasteiger partial charge in [0.25, 0.3) is 0 Å². The Labute approximate surface area is 99.0 Å².